The van der Waals surface area contributed by atoms with Crippen LogP contribution < -0.4 is 4.90 Å². The first-order valence-corrected chi connectivity index (χ1v) is 16.5. The largest absolute Gasteiger partial charge is 0.310 e. The fraction of sp³-hybridized carbons (Fsp3) is 0. The van der Waals surface area contributed by atoms with Gasteiger partial charge in [-0.05, 0) is 65.7 Å². The van der Waals surface area contributed by atoms with E-state index < -0.39 is 0 Å². The molecule has 0 amide bonds. The first-order valence-electron chi connectivity index (χ1n) is 14.0. The van der Waals surface area contributed by atoms with Gasteiger partial charge in [0.15, 0.2) is 0 Å². The summed E-state index contributed by atoms with van der Waals surface area (Å²) >= 11 is 5.68. The molecule has 198 valence electrons. The molecule has 4 heteroatoms. The van der Waals surface area contributed by atoms with Crippen LogP contribution in [0.15, 0.2) is 140 Å². The zero-order valence-electron chi connectivity index (χ0n) is 22.5. The number of nitrogens with zero attached hydrogens (tertiary/aromatic N) is 1. The third kappa shape index (κ3) is 3.80. The smallest absolute Gasteiger partial charge is 0.0542 e. The van der Waals surface area contributed by atoms with Gasteiger partial charge in [0.05, 0.1) is 9.40 Å². The number of anilines is 3. The van der Waals surface area contributed by atoms with Crippen molar-refractivity contribution in [2.45, 2.75) is 0 Å². The van der Waals surface area contributed by atoms with Gasteiger partial charge in [0.2, 0.25) is 0 Å². The van der Waals surface area contributed by atoms with Crippen LogP contribution >= 0.6 is 34.0 Å². The molecular weight excluding hydrogens is 567 g/mol. The summed E-state index contributed by atoms with van der Waals surface area (Å²) in [5, 5.41) is 5.34. The van der Waals surface area contributed by atoms with E-state index in [1.807, 2.05) is 34.0 Å². The molecule has 0 saturated carbocycles. The van der Waals surface area contributed by atoms with Gasteiger partial charge < -0.3 is 4.90 Å². The lowest BCUT2D eigenvalue weighted by atomic mass is 10.0. The summed E-state index contributed by atoms with van der Waals surface area (Å²) < 4.78 is 8.13. The van der Waals surface area contributed by atoms with Crippen molar-refractivity contribution < 1.29 is 0 Å². The molecule has 0 atom stereocenters. The summed E-state index contributed by atoms with van der Waals surface area (Å²) in [4.78, 5) is 2.41. The number of hydrogen-bond acceptors (Lipinski definition) is 4. The van der Waals surface area contributed by atoms with Crippen molar-refractivity contribution in [2.75, 3.05) is 4.90 Å². The Balaban J connectivity index is 1.23. The summed E-state index contributed by atoms with van der Waals surface area (Å²) in [7, 11) is 0. The van der Waals surface area contributed by atoms with Crippen LogP contribution in [0.5, 0.6) is 0 Å². The van der Waals surface area contributed by atoms with E-state index in [4.69, 9.17) is 0 Å². The second kappa shape index (κ2) is 9.53. The standard InChI is InChI=1S/C38H23NS3/c1-2-8-24(9-3-1)25-14-16-26(17-15-25)39(27-19-21-35-32(22-27)29-10-4-6-12-33(29)40-35)28-18-20-31-36(23-28)42-37-30-11-5-7-13-34(30)41-38(31)37/h1-23H. The van der Waals surface area contributed by atoms with Crippen LogP contribution in [0.1, 0.15) is 0 Å². The summed E-state index contributed by atoms with van der Waals surface area (Å²) in [6.45, 7) is 0. The molecule has 0 aliphatic heterocycles. The molecule has 0 spiro atoms. The first kappa shape index (κ1) is 24.2. The molecule has 6 aromatic carbocycles. The van der Waals surface area contributed by atoms with Gasteiger partial charge in [0.1, 0.15) is 0 Å². The molecule has 42 heavy (non-hydrogen) atoms. The highest BCUT2D eigenvalue weighted by Crippen LogP contribution is 2.47. The predicted molar refractivity (Wildman–Crippen MR) is 188 cm³/mol. The minimum Gasteiger partial charge on any atom is -0.310 e. The molecule has 3 aromatic heterocycles. The highest BCUT2D eigenvalue weighted by atomic mass is 32.1. The Labute approximate surface area is 255 Å². The highest BCUT2D eigenvalue weighted by Gasteiger charge is 2.18. The third-order valence-electron chi connectivity index (χ3n) is 8.08. The lowest BCUT2D eigenvalue weighted by molar-refractivity contribution is 1.30. The van der Waals surface area contributed by atoms with E-state index in [-0.39, 0.29) is 0 Å². The number of fused-ring (bicyclic) bond motifs is 8. The Morgan fingerprint density at radius 3 is 1.69 bits per heavy atom. The SMILES string of the molecule is c1ccc(-c2ccc(N(c3ccc4c(c3)sc3c5ccccc5sc43)c3ccc4sc5ccccc5c4c3)cc2)cc1. The van der Waals surface area contributed by atoms with Gasteiger partial charge in [-0.2, -0.15) is 0 Å². The minimum atomic E-state index is 1.15. The summed E-state index contributed by atoms with van der Waals surface area (Å²) in [6, 6.07) is 51.0. The molecule has 0 aliphatic carbocycles. The minimum absolute atomic E-state index is 1.15. The third-order valence-corrected chi connectivity index (χ3v) is 11.8. The van der Waals surface area contributed by atoms with E-state index in [0.29, 0.717) is 0 Å². The molecule has 0 N–H and O–H groups in total. The number of rotatable bonds is 4. The normalized spacial score (nSPS) is 11.8. The molecule has 3 heterocycles. The van der Waals surface area contributed by atoms with Gasteiger partial charge in [-0.25, -0.2) is 0 Å². The van der Waals surface area contributed by atoms with Gasteiger partial charge in [0.25, 0.3) is 0 Å². The van der Waals surface area contributed by atoms with Crippen molar-refractivity contribution in [1.29, 1.82) is 0 Å². The average molecular weight is 590 g/mol. The predicted octanol–water partition coefficient (Wildman–Crippen LogP) is 12.8. The van der Waals surface area contributed by atoms with E-state index in [1.165, 1.54) is 72.2 Å². The molecular formula is C38H23NS3. The molecule has 0 saturated heterocycles. The maximum atomic E-state index is 2.41. The average Bonchev–Trinajstić information content (AvgIpc) is 3.71. The van der Waals surface area contributed by atoms with Crippen LogP contribution in [0.2, 0.25) is 0 Å². The molecule has 0 unspecified atom stereocenters. The van der Waals surface area contributed by atoms with Crippen molar-refractivity contribution in [1.82, 2.24) is 0 Å². The quantitative estimate of drug-likeness (QED) is 0.197. The van der Waals surface area contributed by atoms with E-state index >= 15 is 0 Å². The Morgan fingerprint density at radius 1 is 0.333 bits per heavy atom. The monoisotopic (exact) mass is 589 g/mol. The fourth-order valence-corrected chi connectivity index (χ4v) is 9.84. The number of hydrogen-bond donors (Lipinski definition) is 0. The number of thiophene rings is 3. The van der Waals surface area contributed by atoms with Crippen LogP contribution in [0.4, 0.5) is 17.1 Å². The second-order valence-corrected chi connectivity index (χ2v) is 13.8. The van der Waals surface area contributed by atoms with Gasteiger partial charge in [0, 0.05) is 57.4 Å². The Hall–Kier alpha value is -4.48. The van der Waals surface area contributed by atoms with Gasteiger partial charge in [-0.1, -0.05) is 84.9 Å². The van der Waals surface area contributed by atoms with Gasteiger partial charge in [-0.3, -0.25) is 0 Å². The van der Waals surface area contributed by atoms with Crippen molar-refractivity contribution in [2.24, 2.45) is 0 Å². The van der Waals surface area contributed by atoms with E-state index in [0.717, 1.165) is 5.69 Å². The van der Waals surface area contributed by atoms with Crippen molar-refractivity contribution in [3.05, 3.63) is 140 Å². The van der Waals surface area contributed by atoms with Crippen molar-refractivity contribution in [3.63, 3.8) is 0 Å². The lowest BCUT2D eigenvalue weighted by Gasteiger charge is -2.26. The Morgan fingerprint density at radius 2 is 0.881 bits per heavy atom. The van der Waals surface area contributed by atoms with Crippen LogP contribution in [-0.2, 0) is 0 Å². The van der Waals surface area contributed by atoms with E-state index in [2.05, 4.69) is 144 Å². The maximum Gasteiger partial charge on any atom is 0.0542 e. The second-order valence-electron chi connectivity index (χ2n) is 10.6. The molecule has 0 fully saturated rings. The van der Waals surface area contributed by atoms with Crippen LogP contribution in [0.3, 0.4) is 0 Å². The zero-order valence-corrected chi connectivity index (χ0v) is 24.9. The van der Waals surface area contributed by atoms with Crippen LogP contribution in [0, 0.1) is 0 Å². The summed E-state index contributed by atoms with van der Waals surface area (Å²) in [5.74, 6) is 0. The van der Waals surface area contributed by atoms with E-state index in [1.54, 1.807) is 0 Å². The molecule has 1 nitrogen and oxygen atoms in total. The summed E-state index contributed by atoms with van der Waals surface area (Å²) in [5.41, 5.74) is 5.94. The van der Waals surface area contributed by atoms with Crippen LogP contribution in [0.25, 0.3) is 60.9 Å². The topological polar surface area (TPSA) is 3.24 Å². The Kier molecular flexibility index (Phi) is 5.48. The number of benzene rings is 6. The fourth-order valence-electron chi connectivity index (χ4n) is 6.07. The highest BCUT2D eigenvalue weighted by molar-refractivity contribution is 7.36. The molecule has 0 radical (unpaired) electrons. The first-order chi connectivity index (χ1) is 20.8. The summed E-state index contributed by atoms with van der Waals surface area (Å²) in [6.07, 6.45) is 0. The molecule has 9 rings (SSSR count). The molecule has 9 aromatic rings. The van der Waals surface area contributed by atoms with Gasteiger partial charge >= 0.3 is 0 Å². The van der Waals surface area contributed by atoms with Gasteiger partial charge in [-0.15, -0.1) is 34.0 Å². The maximum absolute atomic E-state index is 2.41. The van der Waals surface area contributed by atoms with Crippen molar-refractivity contribution in [3.8, 4) is 11.1 Å². The Bertz CT molecular complexity index is 2410. The molecule has 0 bridgehead atoms. The lowest BCUT2D eigenvalue weighted by Crippen LogP contribution is -2.09. The van der Waals surface area contributed by atoms with E-state index in [9.17, 15) is 0 Å². The zero-order chi connectivity index (χ0) is 27.6. The van der Waals surface area contributed by atoms with Crippen molar-refractivity contribution >= 4 is 101 Å². The van der Waals surface area contributed by atoms with Crippen LogP contribution in [-0.4, -0.2) is 0 Å². The molecule has 0 aliphatic rings.